The lowest BCUT2D eigenvalue weighted by Crippen LogP contribution is -2.31. The summed E-state index contributed by atoms with van der Waals surface area (Å²) in [7, 11) is 1.82. The Hall–Kier alpha value is -2.30. The van der Waals surface area contributed by atoms with Crippen molar-refractivity contribution in [2.45, 2.75) is 20.4 Å². The fraction of sp³-hybridized carbons (Fsp3) is 0.333. The smallest absolute Gasteiger partial charge is 0.270 e. The van der Waals surface area contributed by atoms with Gasteiger partial charge in [-0.3, -0.25) is 9.78 Å². The van der Waals surface area contributed by atoms with Crippen molar-refractivity contribution in [3.8, 4) is 0 Å². The Morgan fingerprint density at radius 1 is 1.45 bits per heavy atom. The van der Waals surface area contributed by atoms with Gasteiger partial charge in [-0.05, 0) is 32.0 Å². The zero-order chi connectivity index (χ0) is 14.7. The minimum atomic E-state index is -0.0324. The van der Waals surface area contributed by atoms with Crippen LogP contribution in [0.5, 0.6) is 0 Å². The molecule has 0 aliphatic heterocycles. The summed E-state index contributed by atoms with van der Waals surface area (Å²) in [6.07, 6.45) is 1.74. The van der Waals surface area contributed by atoms with Crippen LogP contribution in [0.3, 0.4) is 0 Å². The predicted molar refractivity (Wildman–Crippen MR) is 79.2 cm³/mol. The number of rotatable bonds is 4. The van der Waals surface area contributed by atoms with Crippen LogP contribution in [-0.2, 0) is 13.6 Å². The van der Waals surface area contributed by atoms with Gasteiger partial charge in [0.2, 0.25) is 0 Å². The second-order valence-electron chi connectivity index (χ2n) is 4.86. The maximum atomic E-state index is 12.5. The second kappa shape index (κ2) is 5.77. The molecule has 5 heteroatoms. The van der Waals surface area contributed by atoms with Crippen molar-refractivity contribution in [2.75, 3.05) is 12.3 Å². The highest BCUT2D eigenvalue weighted by molar-refractivity contribution is 5.93. The first-order valence-electron chi connectivity index (χ1n) is 6.65. The number of hydrogen-bond donors (Lipinski definition) is 1. The van der Waals surface area contributed by atoms with Gasteiger partial charge in [-0.15, -0.1) is 0 Å². The van der Waals surface area contributed by atoms with E-state index in [0.717, 1.165) is 11.4 Å². The number of pyridine rings is 1. The predicted octanol–water partition coefficient (Wildman–Crippen LogP) is 1.97. The van der Waals surface area contributed by atoms with Crippen molar-refractivity contribution in [2.24, 2.45) is 7.05 Å². The van der Waals surface area contributed by atoms with Gasteiger partial charge in [0, 0.05) is 25.5 Å². The lowest BCUT2D eigenvalue weighted by molar-refractivity contribution is 0.0741. The highest BCUT2D eigenvalue weighted by Crippen LogP contribution is 2.13. The van der Waals surface area contributed by atoms with Gasteiger partial charge in [0.1, 0.15) is 5.69 Å². The molecule has 0 aliphatic carbocycles. The Labute approximate surface area is 119 Å². The first-order chi connectivity index (χ1) is 9.51. The number of aromatic nitrogens is 2. The summed E-state index contributed by atoms with van der Waals surface area (Å²) >= 11 is 0. The van der Waals surface area contributed by atoms with E-state index < -0.39 is 0 Å². The van der Waals surface area contributed by atoms with Gasteiger partial charge in [-0.25, -0.2) is 0 Å². The van der Waals surface area contributed by atoms with Crippen LogP contribution >= 0.6 is 0 Å². The van der Waals surface area contributed by atoms with E-state index in [9.17, 15) is 4.79 Å². The molecular formula is C15H20N4O. The number of hydrogen-bond acceptors (Lipinski definition) is 3. The lowest BCUT2D eigenvalue weighted by atomic mass is 10.2. The topological polar surface area (TPSA) is 64.2 Å². The van der Waals surface area contributed by atoms with Crippen LogP contribution < -0.4 is 5.73 Å². The van der Waals surface area contributed by atoms with Gasteiger partial charge >= 0.3 is 0 Å². The Morgan fingerprint density at radius 3 is 2.75 bits per heavy atom. The molecule has 0 bridgehead atoms. The first-order valence-corrected chi connectivity index (χ1v) is 6.65. The molecule has 106 valence electrons. The van der Waals surface area contributed by atoms with Crippen LogP contribution in [0.4, 0.5) is 5.69 Å². The molecule has 0 fully saturated rings. The number of nitrogens with two attached hydrogens (primary N) is 1. The maximum absolute atomic E-state index is 12.5. The quantitative estimate of drug-likeness (QED) is 0.925. The number of anilines is 1. The summed E-state index contributed by atoms with van der Waals surface area (Å²) in [5, 5.41) is 0. The van der Waals surface area contributed by atoms with Crippen LogP contribution in [0.15, 0.2) is 30.5 Å². The molecule has 0 saturated heterocycles. The summed E-state index contributed by atoms with van der Waals surface area (Å²) < 4.78 is 1.75. The molecule has 0 aliphatic rings. The molecular weight excluding hydrogens is 252 g/mol. The Morgan fingerprint density at radius 2 is 2.20 bits per heavy atom. The van der Waals surface area contributed by atoms with E-state index in [-0.39, 0.29) is 5.91 Å². The zero-order valence-electron chi connectivity index (χ0n) is 12.1. The van der Waals surface area contributed by atoms with Gasteiger partial charge in [0.05, 0.1) is 17.9 Å². The summed E-state index contributed by atoms with van der Waals surface area (Å²) in [4.78, 5) is 18.7. The molecule has 20 heavy (non-hydrogen) atoms. The van der Waals surface area contributed by atoms with E-state index in [1.165, 1.54) is 0 Å². The second-order valence-corrected chi connectivity index (χ2v) is 4.86. The Balaban J connectivity index is 2.20. The van der Waals surface area contributed by atoms with Gasteiger partial charge in [-0.2, -0.15) is 0 Å². The molecule has 1 amide bonds. The third-order valence-electron chi connectivity index (χ3n) is 3.21. The fourth-order valence-electron chi connectivity index (χ4n) is 2.18. The van der Waals surface area contributed by atoms with Gasteiger partial charge in [0.15, 0.2) is 0 Å². The van der Waals surface area contributed by atoms with Crippen molar-refractivity contribution in [3.63, 3.8) is 0 Å². The average Bonchev–Trinajstić information content (AvgIpc) is 2.74. The molecule has 0 unspecified atom stereocenters. The Kier molecular flexibility index (Phi) is 4.08. The SMILES string of the molecule is CCN(Cc1cccc(C)n1)C(=O)c1cc(N)cn1C. The molecule has 0 saturated carbocycles. The average molecular weight is 272 g/mol. The summed E-state index contributed by atoms with van der Waals surface area (Å²) in [5.41, 5.74) is 8.76. The van der Waals surface area contributed by atoms with Gasteiger partial charge < -0.3 is 15.2 Å². The molecule has 2 aromatic rings. The van der Waals surface area contributed by atoms with Crippen LogP contribution in [0.2, 0.25) is 0 Å². The molecule has 0 spiro atoms. The highest BCUT2D eigenvalue weighted by Gasteiger charge is 2.18. The van der Waals surface area contributed by atoms with Crippen molar-refractivity contribution in [1.29, 1.82) is 0 Å². The minimum absolute atomic E-state index is 0.0324. The number of carbonyl (C=O) groups is 1. The monoisotopic (exact) mass is 272 g/mol. The first kappa shape index (κ1) is 14.1. The number of carbonyl (C=O) groups excluding carboxylic acids is 1. The van der Waals surface area contributed by atoms with Crippen molar-refractivity contribution >= 4 is 11.6 Å². The molecule has 2 aromatic heterocycles. The van der Waals surface area contributed by atoms with Crippen LogP contribution in [0, 0.1) is 6.92 Å². The van der Waals surface area contributed by atoms with Gasteiger partial charge in [-0.1, -0.05) is 6.07 Å². The molecule has 2 heterocycles. The van der Waals surface area contributed by atoms with Gasteiger partial charge in [0.25, 0.3) is 5.91 Å². The standard InChI is InChI=1S/C15H20N4O/c1-4-19(10-13-7-5-6-11(2)17-13)15(20)14-8-12(16)9-18(14)3/h5-9H,4,10,16H2,1-3H3. The zero-order valence-corrected chi connectivity index (χ0v) is 12.1. The van der Waals surface area contributed by atoms with E-state index in [4.69, 9.17) is 5.73 Å². The summed E-state index contributed by atoms with van der Waals surface area (Å²) in [6.45, 7) is 5.03. The molecule has 2 rings (SSSR count). The van der Waals surface area contributed by atoms with Crippen molar-refractivity contribution in [3.05, 3.63) is 47.5 Å². The fourth-order valence-corrected chi connectivity index (χ4v) is 2.18. The van der Waals surface area contributed by atoms with Crippen molar-refractivity contribution < 1.29 is 4.79 Å². The summed E-state index contributed by atoms with van der Waals surface area (Å²) in [5.74, 6) is -0.0324. The normalized spacial score (nSPS) is 10.6. The van der Waals surface area contributed by atoms with Crippen molar-refractivity contribution in [1.82, 2.24) is 14.5 Å². The van der Waals surface area contributed by atoms with Crippen LogP contribution in [-0.4, -0.2) is 26.9 Å². The number of amides is 1. The number of nitrogens with zero attached hydrogens (tertiary/aromatic N) is 3. The number of aryl methyl sites for hydroxylation is 2. The van der Waals surface area contributed by atoms with E-state index in [1.54, 1.807) is 21.7 Å². The lowest BCUT2D eigenvalue weighted by Gasteiger charge is -2.20. The molecule has 5 nitrogen and oxygen atoms in total. The van der Waals surface area contributed by atoms with Crippen LogP contribution in [0.1, 0.15) is 28.8 Å². The third kappa shape index (κ3) is 2.99. The van der Waals surface area contributed by atoms with E-state index >= 15 is 0 Å². The van der Waals surface area contributed by atoms with E-state index in [0.29, 0.717) is 24.5 Å². The largest absolute Gasteiger partial charge is 0.397 e. The maximum Gasteiger partial charge on any atom is 0.270 e. The molecule has 0 aromatic carbocycles. The minimum Gasteiger partial charge on any atom is -0.397 e. The third-order valence-corrected chi connectivity index (χ3v) is 3.21. The molecule has 2 N–H and O–H groups in total. The summed E-state index contributed by atoms with van der Waals surface area (Å²) in [6, 6.07) is 7.53. The Bertz CT molecular complexity index is 618. The van der Waals surface area contributed by atoms with E-state index in [2.05, 4.69) is 4.98 Å². The number of nitrogen functional groups attached to an aromatic ring is 1. The van der Waals surface area contributed by atoms with E-state index in [1.807, 2.05) is 39.1 Å². The highest BCUT2D eigenvalue weighted by atomic mass is 16.2. The molecule has 0 radical (unpaired) electrons. The van der Waals surface area contributed by atoms with Crippen LogP contribution in [0.25, 0.3) is 0 Å². The molecule has 0 atom stereocenters.